The van der Waals surface area contributed by atoms with Crippen molar-refractivity contribution in [2.24, 2.45) is 11.8 Å². The number of nitrogens with two attached hydrogens (primary N) is 1. The Labute approximate surface area is 117 Å². The molecule has 7 nitrogen and oxygen atoms in total. The maximum absolute atomic E-state index is 10.9. The number of nitro benzene ring substituents is 1. The van der Waals surface area contributed by atoms with Crippen LogP contribution in [0.25, 0.3) is 0 Å². The lowest BCUT2D eigenvalue weighted by Crippen LogP contribution is -2.20. The molecular weight excluding hydrogens is 262 g/mol. The number of anilines is 1. The fourth-order valence-electron chi connectivity index (χ4n) is 2.20. The number of benzene rings is 1. The van der Waals surface area contributed by atoms with Crippen LogP contribution in [0.4, 0.5) is 11.4 Å². The summed E-state index contributed by atoms with van der Waals surface area (Å²) in [5, 5.41) is 10.9. The maximum atomic E-state index is 10.9. The van der Waals surface area contributed by atoms with E-state index < -0.39 is 4.92 Å². The highest BCUT2D eigenvalue weighted by Crippen LogP contribution is 2.25. The van der Waals surface area contributed by atoms with Crippen LogP contribution >= 0.6 is 0 Å². The number of hydrogen-bond acceptors (Lipinski definition) is 6. The summed E-state index contributed by atoms with van der Waals surface area (Å²) in [5.41, 5.74) is 3.33. The first-order valence-corrected chi connectivity index (χ1v) is 6.60. The van der Waals surface area contributed by atoms with Gasteiger partial charge >= 0.3 is 0 Å². The molecular formula is C13H19N3O4. The predicted octanol–water partition coefficient (Wildman–Crippen LogP) is 1.82. The molecule has 1 aliphatic heterocycles. The molecule has 0 aromatic heterocycles. The Morgan fingerprint density at radius 2 is 2.20 bits per heavy atom. The smallest absolute Gasteiger partial charge is 0.294 e. The van der Waals surface area contributed by atoms with Gasteiger partial charge in [-0.3, -0.25) is 16.0 Å². The number of hydrazine groups is 1. The molecule has 1 aromatic rings. The van der Waals surface area contributed by atoms with Crippen molar-refractivity contribution in [3.8, 4) is 0 Å². The standard InChI is InChI=1S/C13H19N3O4/c14-15-12-2-1-11(7-13(12)16(17)18)9-20-8-10-3-5-19-6-4-10/h1-2,7,10,15H,3-6,8-9,14H2. The molecule has 0 bridgehead atoms. The molecule has 2 rings (SSSR count). The number of ether oxygens (including phenoxy) is 2. The minimum absolute atomic E-state index is 0.0420. The van der Waals surface area contributed by atoms with Crippen molar-refractivity contribution in [2.75, 3.05) is 25.2 Å². The SMILES string of the molecule is NNc1ccc(COCC2CCOCC2)cc1[N+](=O)[O-]. The molecule has 0 amide bonds. The minimum Gasteiger partial charge on any atom is -0.381 e. The number of nitro groups is 1. The Balaban J connectivity index is 1.89. The topological polar surface area (TPSA) is 99.7 Å². The van der Waals surface area contributed by atoms with E-state index >= 15 is 0 Å². The molecule has 1 aliphatic rings. The van der Waals surface area contributed by atoms with E-state index in [2.05, 4.69) is 5.43 Å². The van der Waals surface area contributed by atoms with Crippen LogP contribution < -0.4 is 11.3 Å². The third kappa shape index (κ3) is 3.89. The second-order valence-corrected chi connectivity index (χ2v) is 4.82. The average Bonchev–Trinajstić information content (AvgIpc) is 2.48. The van der Waals surface area contributed by atoms with Gasteiger partial charge in [0.05, 0.1) is 18.1 Å². The van der Waals surface area contributed by atoms with E-state index in [-0.39, 0.29) is 5.69 Å². The first-order chi connectivity index (χ1) is 9.70. The molecule has 1 heterocycles. The molecule has 7 heteroatoms. The summed E-state index contributed by atoms with van der Waals surface area (Å²) >= 11 is 0. The summed E-state index contributed by atoms with van der Waals surface area (Å²) in [6.45, 7) is 2.60. The summed E-state index contributed by atoms with van der Waals surface area (Å²) in [6.07, 6.45) is 2.02. The molecule has 1 aromatic carbocycles. The van der Waals surface area contributed by atoms with Crippen LogP contribution in [0.3, 0.4) is 0 Å². The van der Waals surface area contributed by atoms with Gasteiger partial charge in [0.15, 0.2) is 0 Å². The van der Waals surface area contributed by atoms with Crippen molar-refractivity contribution in [1.29, 1.82) is 0 Å². The van der Waals surface area contributed by atoms with Crippen LogP contribution in [0.5, 0.6) is 0 Å². The van der Waals surface area contributed by atoms with Gasteiger partial charge in [0.1, 0.15) is 5.69 Å². The summed E-state index contributed by atoms with van der Waals surface area (Å²) in [5.74, 6) is 5.76. The zero-order valence-corrected chi connectivity index (χ0v) is 11.2. The van der Waals surface area contributed by atoms with Crippen molar-refractivity contribution in [3.63, 3.8) is 0 Å². The van der Waals surface area contributed by atoms with E-state index in [0.717, 1.165) is 31.6 Å². The molecule has 1 fully saturated rings. The summed E-state index contributed by atoms with van der Waals surface area (Å²) in [7, 11) is 0. The van der Waals surface area contributed by atoms with Gasteiger partial charge in [-0.05, 0) is 30.4 Å². The Kier molecular flexibility index (Phi) is 5.28. The van der Waals surface area contributed by atoms with E-state index in [9.17, 15) is 10.1 Å². The summed E-state index contributed by atoms with van der Waals surface area (Å²) in [6, 6.07) is 4.84. The summed E-state index contributed by atoms with van der Waals surface area (Å²) in [4.78, 5) is 10.4. The number of nitrogens with one attached hydrogen (secondary N) is 1. The van der Waals surface area contributed by atoms with E-state index in [1.807, 2.05) is 0 Å². The zero-order chi connectivity index (χ0) is 14.4. The minimum atomic E-state index is -0.461. The molecule has 0 unspecified atom stereocenters. The normalized spacial score (nSPS) is 16.1. The largest absolute Gasteiger partial charge is 0.381 e. The first-order valence-electron chi connectivity index (χ1n) is 6.60. The molecule has 20 heavy (non-hydrogen) atoms. The van der Waals surface area contributed by atoms with Crippen LogP contribution in [0, 0.1) is 16.0 Å². The van der Waals surface area contributed by atoms with Gasteiger partial charge in [0.2, 0.25) is 0 Å². The first kappa shape index (κ1) is 14.7. The molecule has 0 aliphatic carbocycles. The van der Waals surface area contributed by atoms with Crippen LogP contribution in [0.2, 0.25) is 0 Å². The van der Waals surface area contributed by atoms with Gasteiger partial charge in [-0.1, -0.05) is 6.07 Å². The lowest BCUT2D eigenvalue weighted by atomic mass is 10.0. The van der Waals surface area contributed by atoms with Crippen LogP contribution in [0.1, 0.15) is 18.4 Å². The fourth-order valence-corrected chi connectivity index (χ4v) is 2.20. The summed E-state index contributed by atoms with van der Waals surface area (Å²) < 4.78 is 10.9. The van der Waals surface area contributed by atoms with Crippen LogP contribution in [0.15, 0.2) is 18.2 Å². The van der Waals surface area contributed by atoms with E-state index in [1.54, 1.807) is 12.1 Å². The molecule has 0 spiro atoms. The van der Waals surface area contributed by atoms with Gasteiger partial charge in [0, 0.05) is 19.3 Å². The number of hydrogen-bond donors (Lipinski definition) is 2. The molecule has 0 saturated carbocycles. The van der Waals surface area contributed by atoms with Crippen molar-refractivity contribution in [1.82, 2.24) is 0 Å². The third-order valence-corrected chi connectivity index (χ3v) is 3.38. The monoisotopic (exact) mass is 281 g/mol. The maximum Gasteiger partial charge on any atom is 0.294 e. The Bertz CT molecular complexity index is 461. The van der Waals surface area contributed by atoms with Gasteiger partial charge in [-0.2, -0.15) is 0 Å². The predicted molar refractivity (Wildman–Crippen MR) is 74.1 cm³/mol. The van der Waals surface area contributed by atoms with Crippen molar-refractivity contribution >= 4 is 11.4 Å². The number of rotatable bonds is 6. The fraction of sp³-hybridized carbons (Fsp3) is 0.538. The average molecular weight is 281 g/mol. The van der Waals surface area contributed by atoms with Gasteiger partial charge in [0.25, 0.3) is 5.69 Å². The second kappa shape index (κ2) is 7.18. The van der Waals surface area contributed by atoms with E-state index in [4.69, 9.17) is 15.3 Å². The Hall–Kier alpha value is -1.70. The third-order valence-electron chi connectivity index (χ3n) is 3.38. The lowest BCUT2D eigenvalue weighted by molar-refractivity contribution is -0.384. The van der Waals surface area contributed by atoms with E-state index in [1.165, 1.54) is 6.07 Å². The Morgan fingerprint density at radius 3 is 2.85 bits per heavy atom. The zero-order valence-electron chi connectivity index (χ0n) is 11.2. The van der Waals surface area contributed by atoms with Crippen molar-refractivity contribution in [3.05, 3.63) is 33.9 Å². The van der Waals surface area contributed by atoms with Gasteiger partial charge in [-0.15, -0.1) is 0 Å². The molecule has 0 atom stereocenters. The lowest BCUT2D eigenvalue weighted by Gasteiger charge is -2.21. The number of nitrogens with zero attached hydrogens (tertiary/aromatic N) is 1. The quantitative estimate of drug-likeness (QED) is 0.469. The molecule has 3 N–H and O–H groups in total. The number of nitrogen functional groups attached to an aromatic ring is 1. The van der Waals surface area contributed by atoms with Gasteiger partial charge in [-0.25, -0.2) is 0 Å². The van der Waals surface area contributed by atoms with Gasteiger partial charge < -0.3 is 14.9 Å². The van der Waals surface area contributed by atoms with Crippen molar-refractivity contribution in [2.45, 2.75) is 19.4 Å². The second-order valence-electron chi connectivity index (χ2n) is 4.82. The van der Waals surface area contributed by atoms with Crippen LogP contribution in [-0.4, -0.2) is 24.7 Å². The highest BCUT2D eigenvalue weighted by atomic mass is 16.6. The Morgan fingerprint density at radius 1 is 1.45 bits per heavy atom. The van der Waals surface area contributed by atoms with Crippen LogP contribution in [-0.2, 0) is 16.1 Å². The highest BCUT2D eigenvalue weighted by molar-refractivity contribution is 5.61. The van der Waals surface area contributed by atoms with Crippen molar-refractivity contribution < 1.29 is 14.4 Å². The van der Waals surface area contributed by atoms with E-state index in [0.29, 0.717) is 24.8 Å². The molecule has 1 saturated heterocycles. The highest BCUT2D eigenvalue weighted by Gasteiger charge is 2.15. The molecule has 0 radical (unpaired) electrons. The molecule has 110 valence electrons.